The first kappa shape index (κ1) is 14.5. The zero-order valence-corrected chi connectivity index (χ0v) is 13.6. The van der Waals surface area contributed by atoms with Gasteiger partial charge in [-0.2, -0.15) is 0 Å². The van der Waals surface area contributed by atoms with Crippen molar-refractivity contribution in [2.75, 3.05) is 6.54 Å². The second-order valence-corrected chi connectivity index (χ2v) is 6.72. The zero-order chi connectivity index (χ0) is 15.5. The van der Waals surface area contributed by atoms with Gasteiger partial charge < -0.3 is 0 Å². The topological polar surface area (TPSA) is 41.9 Å². The van der Waals surface area contributed by atoms with Gasteiger partial charge in [0.15, 0.2) is 5.82 Å². The molecular formula is C18H18N4S. The minimum absolute atomic E-state index is 0.410. The number of hydrogen-bond donors (Lipinski definition) is 0. The molecule has 1 fully saturated rings. The van der Waals surface area contributed by atoms with E-state index in [-0.39, 0.29) is 0 Å². The van der Waals surface area contributed by atoms with Crippen molar-refractivity contribution in [1.29, 1.82) is 0 Å². The number of nitrogens with zero attached hydrogens (tertiary/aromatic N) is 4. The van der Waals surface area contributed by atoms with E-state index in [2.05, 4.69) is 38.1 Å². The Morgan fingerprint density at radius 1 is 1.09 bits per heavy atom. The predicted molar refractivity (Wildman–Crippen MR) is 92.0 cm³/mol. The average Bonchev–Trinajstić information content (AvgIpc) is 3.28. The Morgan fingerprint density at radius 3 is 2.74 bits per heavy atom. The van der Waals surface area contributed by atoms with Gasteiger partial charge in [0.05, 0.1) is 16.6 Å². The summed E-state index contributed by atoms with van der Waals surface area (Å²) >= 11 is 1.67. The fourth-order valence-corrected chi connectivity index (χ4v) is 3.80. The predicted octanol–water partition coefficient (Wildman–Crippen LogP) is 3.94. The van der Waals surface area contributed by atoms with Crippen LogP contribution in [0.1, 0.15) is 30.1 Å². The number of thiophene rings is 1. The zero-order valence-electron chi connectivity index (χ0n) is 12.8. The lowest BCUT2D eigenvalue weighted by Gasteiger charge is -2.23. The Bertz CT molecular complexity index is 740. The molecule has 0 spiro atoms. The molecule has 116 valence electrons. The summed E-state index contributed by atoms with van der Waals surface area (Å²) in [4.78, 5) is 17.2. The SMILES string of the molecule is c1ccc(C2CCCN2Cc2cnc(-c3cccs3)nc2)nc1. The summed E-state index contributed by atoms with van der Waals surface area (Å²) < 4.78 is 0. The fourth-order valence-electron chi connectivity index (χ4n) is 3.13. The molecule has 23 heavy (non-hydrogen) atoms. The first-order valence-electron chi connectivity index (χ1n) is 7.90. The van der Waals surface area contributed by atoms with Crippen molar-refractivity contribution in [2.45, 2.75) is 25.4 Å². The lowest BCUT2D eigenvalue weighted by atomic mass is 10.1. The average molecular weight is 322 g/mol. The number of rotatable bonds is 4. The summed E-state index contributed by atoms with van der Waals surface area (Å²) in [7, 11) is 0. The standard InChI is InChI=1S/C18H18N4S/c1-2-8-19-15(5-1)16-6-3-9-22(16)13-14-11-20-18(21-12-14)17-7-4-10-23-17/h1-2,4-5,7-8,10-12,16H,3,6,9,13H2. The molecule has 4 heterocycles. The van der Waals surface area contributed by atoms with E-state index in [9.17, 15) is 0 Å². The van der Waals surface area contributed by atoms with Gasteiger partial charge in [0, 0.05) is 30.7 Å². The maximum absolute atomic E-state index is 4.53. The molecule has 0 aliphatic carbocycles. The molecule has 0 radical (unpaired) electrons. The van der Waals surface area contributed by atoms with Crippen LogP contribution in [0.3, 0.4) is 0 Å². The highest BCUT2D eigenvalue weighted by molar-refractivity contribution is 7.13. The first-order chi connectivity index (χ1) is 11.4. The molecule has 4 nitrogen and oxygen atoms in total. The Labute approximate surface area is 139 Å². The molecule has 1 aliphatic rings. The summed E-state index contributed by atoms with van der Waals surface area (Å²) in [6, 6.07) is 10.7. The molecule has 1 atom stereocenters. The molecule has 5 heteroatoms. The highest BCUT2D eigenvalue weighted by Crippen LogP contribution is 2.31. The van der Waals surface area contributed by atoms with Crippen molar-refractivity contribution in [3.63, 3.8) is 0 Å². The van der Waals surface area contributed by atoms with Gasteiger partial charge >= 0.3 is 0 Å². The smallest absolute Gasteiger partial charge is 0.169 e. The molecule has 0 aromatic carbocycles. The summed E-state index contributed by atoms with van der Waals surface area (Å²) in [6.45, 7) is 1.99. The van der Waals surface area contributed by atoms with Crippen LogP contribution in [0.25, 0.3) is 10.7 Å². The van der Waals surface area contributed by atoms with Crippen LogP contribution in [-0.2, 0) is 6.54 Å². The second-order valence-electron chi connectivity index (χ2n) is 5.78. The maximum atomic E-state index is 4.53. The van der Waals surface area contributed by atoms with E-state index in [0.717, 1.165) is 29.4 Å². The van der Waals surface area contributed by atoms with E-state index >= 15 is 0 Å². The number of hydrogen-bond acceptors (Lipinski definition) is 5. The summed E-state index contributed by atoms with van der Waals surface area (Å²) in [6.07, 6.45) is 8.18. The molecule has 0 bridgehead atoms. The lowest BCUT2D eigenvalue weighted by molar-refractivity contribution is 0.244. The summed E-state index contributed by atoms with van der Waals surface area (Å²) in [5.74, 6) is 0.812. The van der Waals surface area contributed by atoms with Crippen molar-refractivity contribution < 1.29 is 0 Å². The number of pyridine rings is 1. The van der Waals surface area contributed by atoms with Crippen molar-refractivity contribution >= 4 is 11.3 Å². The largest absolute Gasteiger partial charge is 0.290 e. The van der Waals surface area contributed by atoms with Crippen LogP contribution in [0.5, 0.6) is 0 Å². The Hall–Kier alpha value is -2.11. The quantitative estimate of drug-likeness (QED) is 0.730. The van der Waals surface area contributed by atoms with Gasteiger partial charge in [0.1, 0.15) is 0 Å². The van der Waals surface area contributed by atoms with E-state index < -0.39 is 0 Å². The van der Waals surface area contributed by atoms with E-state index in [0.29, 0.717) is 6.04 Å². The maximum Gasteiger partial charge on any atom is 0.169 e. The minimum Gasteiger partial charge on any atom is -0.290 e. The van der Waals surface area contributed by atoms with Gasteiger partial charge in [-0.15, -0.1) is 11.3 Å². The van der Waals surface area contributed by atoms with E-state index in [1.54, 1.807) is 11.3 Å². The van der Waals surface area contributed by atoms with Gasteiger partial charge in [-0.05, 0) is 43.0 Å². The second kappa shape index (κ2) is 6.56. The van der Waals surface area contributed by atoms with Crippen LogP contribution in [0.2, 0.25) is 0 Å². The van der Waals surface area contributed by atoms with E-state index in [1.807, 2.05) is 36.1 Å². The number of aromatic nitrogens is 3. The Balaban J connectivity index is 1.49. The van der Waals surface area contributed by atoms with Crippen LogP contribution in [0.15, 0.2) is 54.3 Å². The van der Waals surface area contributed by atoms with Crippen molar-refractivity contribution in [2.24, 2.45) is 0 Å². The van der Waals surface area contributed by atoms with Crippen LogP contribution in [0, 0.1) is 0 Å². The molecule has 0 saturated carbocycles. The monoisotopic (exact) mass is 322 g/mol. The summed E-state index contributed by atoms with van der Waals surface area (Å²) in [5.41, 5.74) is 2.33. The van der Waals surface area contributed by atoms with Crippen LogP contribution < -0.4 is 0 Å². The highest BCUT2D eigenvalue weighted by Gasteiger charge is 2.26. The van der Waals surface area contributed by atoms with Gasteiger partial charge in [-0.3, -0.25) is 9.88 Å². The number of likely N-dealkylation sites (tertiary alicyclic amines) is 1. The molecular weight excluding hydrogens is 304 g/mol. The van der Waals surface area contributed by atoms with Crippen molar-refractivity contribution in [3.05, 3.63) is 65.6 Å². The van der Waals surface area contributed by atoms with Crippen molar-refractivity contribution in [3.8, 4) is 10.7 Å². The lowest BCUT2D eigenvalue weighted by Crippen LogP contribution is -2.23. The Kier molecular flexibility index (Phi) is 4.13. The normalized spacial score (nSPS) is 18.3. The van der Waals surface area contributed by atoms with Crippen LogP contribution >= 0.6 is 11.3 Å². The fraction of sp³-hybridized carbons (Fsp3) is 0.278. The van der Waals surface area contributed by atoms with E-state index in [4.69, 9.17) is 0 Å². The third-order valence-corrected chi connectivity index (χ3v) is 5.09. The molecule has 0 amide bonds. The first-order valence-corrected chi connectivity index (χ1v) is 8.78. The molecule has 3 aromatic heterocycles. The molecule has 1 unspecified atom stereocenters. The van der Waals surface area contributed by atoms with Gasteiger partial charge in [-0.1, -0.05) is 12.1 Å². The van der Waals surface area contributed by atoms with Gasteiger partial charge in [0.2, 0.25) is 0 Å². The third kappa shape index (κ3) is 3.16. The van der Waals surface area contributed by atoms with Crippen LogP contribution in [0.4, 0.5) is 0 Å². The highest BCUT2D eigenvalue weighted by atomic mass is 32.1. The summed E-state index contributed by atoms with van der Waals surface area (Å²) in [5, 5.41) is 2.05. The van der Waals surface area contributed by atoms with Crippen LogP contribution in [-0.4, -0.2) is 26.4 Å². The molecule has 1 aliphatic heterocycles. The molecule has 4 rings (SSSR count). The minimum atomic E-state index is 0.410. The molecule has 3 aromatic rings. The van der Waals surface area contributed by atoms with Crippen molar-refractivity contribution in [1.82, 2.24) is 19.9 Å². The van der Waals surface area contributed by atoms with Gasteiger partial charge in [-0.25, -0.2) is 9.97 Å². The van der Waals surface area contributed by atoms with Gasteiger partial charge in [0.25, 0.3) is 0 Å². The third-order valence-electron chi connectivity index (χ3n) is 4.23. The molecule has 1 saturated heterocycles. The molecule has 0 N–H and O–H groups in total. The Morgan fingerprint density at radius 2 is 2.00 bits per heavy atom. The van der Waals surface area contributed by atoms with E-state index in [1.165, 1.54) is 18.5 Å².